The Morgan fingerprint density at radius 1 is 1.50 bits per heavy atom. The zero-order valence-corrected chi connectivity index (χ0v) is 10.5. The van der Waals surface area contributed by atoms with Crippen LogP contribution in [0.2, 0.25) is 0 Å². The molecule has 14 heavy (non-hydrogen) atoms. The standard InChI is InChI=1S/C10H14BrNOS/c1-7-5-10(14-4-2-3-13)8(11)6-9(7)12/h5-6,13H,2-4,12H2,1H3. The van der Waals surface area contributed by atoms with E-state index in [0.29, 0.717) is 0 Å². The van der Waals surface area contributed by atoms with Crippen LogP contribution in [0, 0.1) is 6.92 Å². The highest BCUT2D eigenvalue weighted by Crippen LogP contribution is 2.31. The molecule has 2 nitrogen and oxygen atoms in total. The summed E-state index contributed by atoms with van der Waals surface area (Å²) in [6.07, 6.45) is 0.820. The van der Waals surface area contributed by atoms with Crippen molar-refractivity contribution in [2.45, 2.75) is 18.2 Å². The van der Waals surface area contributed by atoms with Gasteiger partial charge in [-0.15, -0.1) is 11.8 Å². The third kappa shape index (κ3) is 3.19. The summed E-state index contributed by atoms with van der Waals surface area (Å²) in [5, 5.41) is 8.67. The first-order valence-electron chi connectivity index (χ1n) is 4.44. The summed E-state index contributed by atoms with van der Waals surface area (Å²) in [5.74, 6) is 0.929. The molecule has 0 saturated heterocycles. The Morgan fingerprint density at radius 2 is 2.21 bits per heavy atom. The molecule has 0 aromatic heterocycles. The smallest absolute Gasteiger partial charge is 0.0439 e. The summed E-state index contributed by atoms with van der Waals surface area (Å²) in [6.45, 7) is 2.25. The number of aliphatic hydroxyl groups excluding tert-OH is 1. The maximum atomic E-state index is 8.67. The monoisotopic (exact) mass is 275 g/mol. The Balaban J connectivity index is 2.72. The molecule has 4 heteroatoms. The van der Waals surface area contributed by atoms with E-state index in [1.165, 1.54) is 4.90 Å². The number of aliphatic hydroxyl groups is 1. The summed E-state index contributed by atoms with van der Waals surface area (Å²) in [4.78, 5) is 1.19. The van der Waals surface area contributed by atoms with Gasteiger partial charge in [-0.2, -0.15) is 0 Å². The van der Waals surface area contributed by atoms with Crippen LogP contribution in [-0.4, -0.2) is 17.5 Å². The van der Waals surface area contributed by atoms with Crippen LogP contribution in [0.25, 0.3) is 0 Å². The van der Waals surface area contributed by atoms with Gasteiger partial charge in [0.15, 0.2) is 0 Å². The van der Waals surface area contributed by atoms with Crippen LogP contribution in [-0.2, 0) is 0 Å². The van der Waals surface area contributed by atoms with E-state index in [2.05, 4.69) is 22.0 Å². The predicted octanol–water partition coefficient (Wildman–Crippen LogP) is 2.81. The third-order valence-corrected chi connectivity index (χ3v) is 3.94. The summed E-state index contributed by atoms with van der Waals surface area (Å²) in [7, 11) is 0. The number of aryl methyl sites for hydroxylation is 1. The number of thioether (sulfide) groups is 1. The number of nitrogens with two attached hydrogens (primary N) is 1. The molecule has 3 N–H and O–H groups in total. The fraction of sp³-hybridized carbons (Fsp3) is 0.400. The highest BCUT2D eigenvalue weighted by Gasteiger charge is 2.03. The second-order valence-electron chi connectivity index (χ2n) is 3.06. The van der Waals surface area contributed by atoms with E-state index in [4.69, 9.17) is 10.8 Å². The van der Waals surface area contributed by atoms with Gasteiger partial charge in [-0.25, -0.2) is 0 Å². The van der Waals surface area contributed by atoms with Crippen molar-refractivity contribution in [1.29, 1.82) is 0 Å². The van der Waals surface area contributed by atoms with Crippen LogP contribution in [0.15, 0.2) is 21.5 Å². The van der Waals surface area contributed by atoms with Crippen LogP contribution in [0.4, 0.5) is 5.69 Å². The van der Waals surface area contributed by atoms with Gasteiger partial charge < -0.3 is 10.8 Å². The minimum atomic E-state index is 0.249. The fourth-order valence-electron chi connectivity index (χ4n) is 1.03. The average Bonchev–Trinajstić information content (AvgIpc) is 2.14. The van der Waals surface area contributed by atoms with Gasteiger partial charge in [0.05, 0.1) is 0 Å². The van der Waals surface area contributed by atoms with E-state index in [1.54, 1.807) is 11.8 Å². The van der Waals surface area contributed by atoms with Crippen molar-refractivity contribution >= 4 is 33.4 Å². The van der Waals surface area contributed by atoms with Gasteiger partial charge >= 0.3 is 0 Å². The number of hydrogen-bond donors (Lipinski definition) is 2. The van der Waals surface area contributed by atoms with Crippen LogP contribution >= 0.6 is 27.7 Å². The molecule has 0 bridgehead atoms. The molecule has 0 fully saturated rings. The lowest BCUT2D eigenvalue weighted by molar-refractivity contribution is 0.296. The minimum absolute atomic E-state index is 0.249. The third-order valence-electron chi connectivity index (χ3n) is 1.88. The first-order chi connectivity index (χ1) is 6.65. The van der Waals surface area contributed by atoms with Crippen molar-refractivity contribution in [3.63, 3.8) is 0 Å². The normalized spacial score (nSPS) is 10.5. The van der Waals surface area contributed by atoms with Gasteiger partial charge in [0, 0.05) is 27.4 Å². The lowest BCUT2D eigenvalue weighted by atomic mass is 10.2. The molecule has 0 atom stereocenters. The molecule has 1 rings (SSSR count). The van der Waals surface area contributed by atoms with Crippen molar-refractivity contribution in [2.75, 3.05) is 18.1 Å². The Labute approximate surface area is 97.0 Å². The first kappa shape index (κ1) is 11.9. The highest BCUT2D eigenvalue weighted by molar-refractivity contribution is 9.10. The van der Waals surface area contributed by atoms with Gasteiger partial charge in [0.25, 0.3) is 0 Å². The number of anilines is 1. The summed E-state index contributed by atoms with van der Waals surface area (Å²) >= 11 is 5.20. The zero-order valence-electron chi connectivity index (χ0n) is 8.09. The quantitative estimate of drug-likeness (QED) is 0.505. The first-order valence-corrected chi connectivity index (χ1v) is 6.22. The van der Waals surface area contributed by atoms with Crippen molar-refractivity contribution in [1.82, 2.24) is 0 Å². The Bertz CT molecular complexity index is 317. The molecule has 78 valence electrons. The predicted molar refractivity (Wildman–Crippen MR) is 65.7 cm³/mol. The van der Waals surface area contributed by atoms with Crippen LogP contribution in [0.3, 0.4) is 0 Å². The van der Waals surface area contributed by atoms with Crippen LogP contribution in [0.5, 0.6) is 0 Å². The molecule has 0 radical (unpaired) electrons. The van der Waals surface area contributed by atoms with Gasteiger partial charge in [-0.1, -0.05) is 0 Å². The molecule has 0 unspecified atom stereocenters. The molecule has 0 heterocycles. The van der Waals surface area contributed by atoms with E-state index in [0.717, 1.165) is 27.9 Å². The molecule has 0 spiro atoms. The number of hydrogen-bond acceptors (Lipinski definition) is 3. The average molecular weight is 276 g/mol. The summed E-state index contributed by atoms with van der Waals surface area (Å²) in [5.41, 5.74) is 7.67. The molecule has 0 amide bonds. The van der Waals surface area contributed by atoms with Crippen molar-refractivity contribution < 1.29 is 5.11 Å². The molecular formula is C10H14BrNOS. The number of benzene rings is 1. The SMILES string of the molecule is Cc1cc(SCCCO)c(Br)cc1N. The lowest BCUT2D eigenvalue weighted by Crippen LogP contribution is -1.91. The van der Waals surface area contributed by atoms with E-state index in [-0.39, 0.29) is 6.61 Å². The van der Waals surface area contributed by atoms with Crippen molar-refractivity contribution in [3.8, 4) is 0 Å². The van der Waals surface area contributed by atoms with Gasteiger partial charge in [0.1, 0.15) is 0 Å². The molecule has 0 aliphatic rings. The number of halogens is 1. The lowest BCUT2D eigenvalue weighted by Gasteiger charge is -2.07. The Morgan fingerprint density at radius 3 is 2.86 bits per heavy atom. The number of rotatable bonds is 4. The summed E-state index contributed by atoms with van der Waals surface area (Å²) in [6, 6.07) is 4.00. The topological polar surface area (TPSA) is 46.2 Å². The maximum Gasteiger partial charge on any atom is 0.0439 e. The second kappa shape index (κ2) is 5.63. The van der Waals surface area contributed by atoms with Gasteiger partial charge in [-0.05, 0) is 47.0 Å². The second-order valence-corrected chi connectivity index (χ2v) is 5.06. The van der Waals surface area contributed by atoms with Crippen molar-refractivity contribution in [2.24, 2.45) is 0 Å². The fourth-order valence-corrected chi connectivity index (χ4v) is 2.68. The van der Waals surface area contributed by atoms with Crippen molar-refractivity contribution in [3.05, 3.63) is 22.2 Å². The van der Waals surface area contributed by atoms with Crippen LogP contribution in [0.1, 0.15) is 12.0 Å². The van der Waals surface area contributed by atoms with Gasteiger partial charge in [0.2, 0.25) is 0 Å². The molecule has 0 aliphatic heterocycles. The molecule has 0 aliphatic carbocycles. The van der Waals surface area contributed by atoms with E-state index in [1.807, 2.05) is 13.0 Å². The van der Waals surface area contributed by atoms with Crippen LogP contribution < -0.4 is 5.73 Å². The molecule has 1 aromatic rings. The van der Waals surface area contributed by atoms with E-state index in [9.17, 15) is 0 Å². The van der Waals surface area contributed by atoms with E-state index >= 15 is 0 Å². The number of nitrogen functional groups attached to an aromatic ring is 1. The highest BCUT2D eigenvalue weighted by atomic mass is 79.9. The molecule has 1 aromatic carbocycles. The summed E-state index contributed by atoms with van der Waals surface area (Å²) < 4.78 is 1.03. The largest absolute Gasteiger partial charge is 0.398 e. The van der Waals surface area contributed by atoms with Gasteiger partial charge in [-0.3, -0.25) is 0 Å². The Hall–Kier alpha value is -0.190. The Kier molecular flexibility index (Phi) is 4.78. The molecule has 0 saturated carbocycles. The zero-order chi connectivity index (χ0) is 10.6. The maximum absolute atomic E-state index is 8.67. The minimum Gasteiger partial charge on any atom is -0.398 e. The van der Waals surface area contributed by atoms with E-state index < -0.39 is 0 Å². The molecular weight excluding hydrogens is 262 g/mol.